The van der Waals surface area contributed by atoms with Gasteiger partial charge in [-0.15, -0.1) is 0 Å². The summed E-state index contributed by atoms with van der Waals surface area (Å²) in [5, 5.41) is 2.92. The fourth-order valence-electron chi connectivity index (χ4n) is 3.11. The minimum absolute atomic E-state index is 0.0678. The number of amides is 2. The number of hydrogen-bond donors (Lipinski definition) is 1. The van der Waals surface area contributed by atoms with E-state index in [1.54, 1.807) is 4.90 Å². The molecule has 3 rings (SSSR count). The SMILES string of the molecule is Cc1nc(NC(=O)N(C)CC2CCCC2)cc(C2CC2)n1. The van der Waals surface area contributed by atoms with E-state index in [2.05, 4.69) is 15.3 Å². The summed E-state index contributed by atoms with van der Waals surface area (Å²) in [6, 6.07) is 1.85. The maximum atomic E-state index is 12.3. The predicted molar refractivity (Wildman–Crippen MR) is 82.4 cm³/mol. The van der Waals surface area contributed by atoms with E-state index >= 15 is 0 Å². The van der Waals surface area contributed by atoms with Crippen molar-refractivity contribution in [2.24, 2.45) is 5.92 Å². The summed E-state index contributed by atoms with van der Waals surface area (Å²) in [4.78, 5) is 22.8. The molecule has 2 fully saturated rings. The van der Waals surface area contributed by atoms with Gasteiger partial charge in [0.15, 0.2) is 0 Å². The zero-order valence-corrected chi connectivity index (χ0v) is 12.9. The Balaban J connectivity index is 1.60. The third-order valence-electron chi connectivity index (χ3n) is 4.44. The number of aromatic nitrogens is 2. The van der Waals surface area contributed by atoms with Crippen molar-refractivity contribution in [3.05, 3.63) is 17.6 Å². The van der Waals surface area contributed by atoms with Gasteiger partial charge in [0.05, 0.1) is 0 Å². The molecular weight excluding hydrogens is 264 g/mol. The first-order chi connectivity index (χ1) is 10.1. The van der Waals surface area contributed by atoms with Crippen molar-refractivity contribution in [2.75, 3.05) is 18.9 Å². The number of urea groups is 1. The highest BCUT2D eigenvalue weighted by Gasteiger charge is 2.26. The number of carbonyl (C=O) groups is 1. The summed E-state index contributed by atoms with van der Waals surface area (Å²) in [7, 11) is 1.86. The third kappa shape index (κ3) is 3.71. The lowest BCUT2D eigenvalue weighted by Crippen LogP contribution is -2.35. The van der Waals surface area contributed by atoms with Crippen LogP contribution in [0.1, 0.15) is 56.0 Å². The molecule has 0 unspecified atom stereocenters. The second-order valence-electron chi connectivity index (χ2n) is 6.46. The summed E-state index contributed by atoms with van der Waals surface area (Å²) < 4.78 is 0. The molecule has 1 heterocycles. The Labute approximate surface area is 126 Å². The Morgan fingerprint density at radius 1 is 1.29 bits per heavy atom. The highest BCUT2D eigenvalue weighted by Crippen LogP contribution is 2.39. The quantitative estimate of drug-likeness (QED) is 0.924. The van der Waals surface area contributed by atoms with E-state index in [-0.39, 0.29) is 6.03 Å². The summed E-state index contributed by atoms with van der Waals surface area (Å²) in [6.45, 7) is 2.72. The molecule has 0 radical (unpaired) electrons. The lowest BCUT2D eigenvalue weighted by atomic mass is 10.1. The van der Waals surface area contributed by atoms with Gasteiger partial charge in [-0.25, -0.2) is 14.8 Å². The summed E-state index contributed by atoms with van der Waals surface area (Å²) in [5.41, 5.74) is 1.07. The lowest BCUT2D eigenvalue weighted by molar-refractivity contribution is 0.214. The van der Waals surface area contributed by atoms with E-state index < -0.39 is 0 Å². The van der Waals surface area contributed by atoms with Crippen LogP contribution >= 0.6 is 0 Å². The van der Waals surface area contributed by atoms with Crippen molar-refractivity contribution in [1.82, 2.24) is 14.9 Å². The fourth-order valence-corrected chi connectivity index (χ4v) is 3.11. The van der Waals surface area contributed by atoms with Gasteiger partial charge in [-0.1, -0.05) is 12.8 Å². The number of nitrogens with zero attached hydrogens (tertiary/aromatic N) is 3. The standard InChI is InChI=1S/C16H24N4O/c1-11-17-14(13-7-8-13)9-15(18-11)19-16(21)20(2)10-12-5-3-4-6-12/h9,12-13H,3-8,10H2,1-2H3,(H,17,18,19,21). The normalized spacial score (nSPS) is 18.8. The van der Waals surface area contributed by atoms with Crippen LogP contribution < -0.4 is 5.32 Å². The molecule has 0 saturated heterocycles. The maximum absolute atomic E-state index is 12.3. The maximum Gasteiger partial charge on any atom is 0.322 e. The number of aryl methyl sites for hydroxylation is 1. The Kier molecular flexibility index (Phi) is 4.08. The van der Waals surface area contributed by atoms with Crippen LogP contribution in [0.5, 0.6) is 0 Å². The molecule has 0 aromatic carbocycles. The molecule has 0 spiro atoms. The number of nitrogens with one attached hydrogen (secondary N) is 1. The first-order valence-electron chi connectivity index (χ1n) is 7.99. The Morgan fingerprint density at radius 2 is 2.00 bits per heavy atom. The van der Waals surface area contributed by atoms with E-state index in [0.29, 0.717) is 17.7 Å². The van der Waals surface area contributed by atoms with Gasteiger partial charge < -0.3 is 4.90 Å². The second kappa shape index (κ2) is 6.00. The predicted octanol–water partition coefficient (Wildman–Crippen LogP) is 3.32. The molecule has 1 aromatic rings. The van der Waals surface area contributed by atoms with E-state index in [1.807, 2.05) is 20.0 Å². The number of hydrogen-bond acceptors (Lipinski definition) is 3. The van der Waals surface area contributed by atoms with Crippen LogP contribution in [0, 0.1) is 12.8 Å². The molecule has 1 N–H and O–H groups in total. The van der Waals surface area contributed by atoms with Gasteiger partial charge in [0.25, 0.3) is 0 Å². The molecule has 0 aliphatic heterocycles. The number of rotatable bonds is 4. The summed E-state index contributed by atoms with van der Waals surface area (Å²) in [6.07, 6.45) is 7.49. The molecule has 2 aliphatic carbocycles. The molecule has 0 atom stereocenters. The molecular formula is C16H24N4O. The first kappa shape index (κ1) is 14.3. The van der Waals surface area contributed by atoms with Crippen LogP contribution in [0.4, 0.5) is 10.6 Å². The van der Waals surface area contributed by atoms with Gasteiger partial charge in [-0.05, 0) is 38.5 Å². The second-order valence-corrected chi connectivity index (χ2v) is 6.46. The van der Waals surface area contributed by atoms with Gasteiger partial charge in [0.1, 0.15) is 11.6 Å². The van der Waals surface area contributed by atoms with Crippen LogP contribution in [0.2, 0.25) is 0 Å². The van der Waals surface area contributed by atoms with Gasteiger partial charge in [-0.3, -0.25) is 5.32 Å². The van der Waals surface area contributed by atoms with Crippen molar-refractivity contribution in [1.29, 1.82) is 0 Å². The van der Waals surface area contributed by atoms with E-state index in [4.69, 9.17) is 0 Å². The molecule has 5 nitrogen and oxygen atoms in total. The van der Waals surface area contributed by atoms with Crippen LogP contribution in [0.15, 0.2) is 6.07 Å². The fraction of sp³-hybridized carbons (Fsp3) is 0.688. The Bertz CT molecular complexity index is 521. The van der Waals surface area contributed by atoms with Crippen molar-refractivity contribution >= 4 is 11.8 Å². The van der Waals surface area contributed by atoms with Crippen LogP contribution in [0.3, 0.4) is 0 Å². The van der Waals surface area contributed by atoms with Crippen molar-refractivity contribution in [2.45, 2.75) is 51.4 Å². The van der Waals surface area contributed by atoms with Gasteiger partial charge in [0, 0.05) is 31.3 Å². The average molecular weight is 288 g/mol. The van der Waals surface area contributed by atoms with Crippen molar-refractivity contribution in [3.8, 4) is 0 Å². The Morgan fingerprint density at radius 3 is 2.67 bits per heavy atom. The van der Waals surface area contributed by atoms with Crippen LogP contribution in [-0.2, 0) is 0 Å². The zero-order valence-electron chi connectivity index (χ0n) is 12.9. The number of anilines is 1. The molecule has 114 valence electrons. The minimum Gasteiger partial charge on any atom is -0.327 e. The van der Waals surface area contributed by atoms with Crippen molar-refractivity contribution < 1.29 is 4.79 Å². The minimum atomic E-state index is -0.0678. The van der Waals surface area contributed by atoms with Crippen LogP contribution in [0.25, 0.3) is 0 Å². The number of carbonyl (C=O) groups excluding carboxylic acids is 1. The summed E-state index contributed by atoms with van der Waals surface area (Å²) >= 11 is 0. The smallest absolute Gasteiger partial charge is 0.322 e. The largest absolute Gasteiger partial charge is 0.327 e. The summed E-state index contributed by atoms with van der Waals surface area (Å²) in [5.74, 6) is 2.59. The lowest BCUT2D eigenvalue weighted by Gasteiger charge is -2.21. The van der Waals surface area contributed by atoms with Gasteiger partial charge in [0.2, 0.25) is 0 Å². The third-order valence-corrected chi connectivity index (χ3v) is 4.44. The molecule has 2 saturated carbocycles. The topological polar surface area (TPSA) is 58.1 Å². The molecule has 2 aliphatic rings. The van der Waals surface area contributed by atoms with E-state index in [0.717, 1.165) is 18.1 Å². The van der Waals surface area contributed by atoms with Gasteiger partial charge >= 0.3 is 6.03 Å². The molecule has 5 heteroatoms. The monoisotopic (exact) mass is 288 g/mol. The van der Waals surface area contributed by atoms with E-state index in [9.17, 15) is 4.79 Å². The Hall–Kier alpha value is -1.65. The average Bonchev–Trinajstić information content (AvgIpc) is 3.17. The van der Waals surface area contributed by atoms with Crippen LogP contribution in [-0.4, -0.2) is 34.5 Å². The zero-order chi connectivity index (χ0) is 14.8. The molecule has 0 bridgehead atoms. The van der Waals surface area contributed by atoms with E-state index in [1.165, 1.54) is 38.5 Å². The highest BCUT2D eigenvalue weighted by atomic mass is 16.2. The molecule has 21 heavy (non-hydrogen) atoms. The highest BCUT2D eigenvalue weighted by molar-refractivity contribution is 5.88. The molecule has 2 amide bonds. The van der Waals surface area contributed by atoms with Crippen molar-refractivity contribution in [3.63, 3.8) is 0 Å². The van der Waals surface area contributed by atoms with Gasteiger partial charge in [-0.2, -0.15) is 0 Å². The molecule has 1 aromatic heterocycles. The first-order valence-corrected chi connectivity index (χ1v) is 7.99.